The zero-order chi connectivity index (χ0) is 17.1. The molecule has 3 rings (SSSR count). The number of aryl methyl sites for hydroxylation is 2. The number of cyclic esters (lactones) is 1. The van der Waals surface area contributed by atoms with Crippen LogP contribution >= 0.6 is 24.0 Å². The van der Waals surface area contributed by atoms with Gasteiger partial charge in [-0.3, -0.25) is 4.90 Å². The number of ether oxygens (including phenoxy) is 1. The lowest BCUT2D eigenvalue weighted by Gasteiger charge is -2.13. The summed E-state index contributed by atoms with van der Waals surface area (Å²) in [6.45, 7) is 0.795. The van der Waals surface area contributed by atoms with Gasteiger partial charge in [-0.1, -0.05) is 29.8 Å². The summed E-state index contributed by atoms with van der Waals surface area (Å²) < 4.78 is 18.3. The third-order valence-corrected chi connectivity index (χ3v) is 4.36. The smallest absolute Gasteiger partial charge is 0.414 e. The van der Waals surface area contributed by atoms with E-state index in [1.165, 1.54) is 6.07 Å². The minimum absolute atomic E-state index is 0. The Hall–Kier alpha value is -1.82. The molecule has 1 saturated heterocycles. The van der Waals surface area contributed by atoms with Crippen LogP contribution in [0.1, 0.15) is 11.1 Å². The molecule has 0 aromatic heterocycles. The Kier molecular flexibility index (Phi) is 6.64. The molecule has 0 bridgehead atoms. The van der Waals surface area contributed by atoms with Gasteiger partial charge in [0.05, 0.1) is 11.6 Å². The number of carbonyl (C=O) groups excluding carboxylic acids is 1. The Morgan fingerprint density at radius 3 is 2.40 bits per heavy atom. The molecule has 4 nitrogen and oxygen atoms in total. The summed E-state index contributed by atoms with van der Waals surface area (Å²) >= 11 is 5.79. The first-order valence-electron chi connectivity index (χ1n) is 7.78. The zero-order valence-electron chi connectivity index (χ0n) is 13.5. The predicted octanol–water partition coefficient (Wildman–Crippen LogP) is 3.97. The second kappa shape index (κ2) is 8.52. The number of nitrogens with zero attached hydrogens (tertiary/aromatic N) is 1. The lowest BCUT2D eigenvalue weighted by molar-refractivity contribution is 0.145. The SMILES string of the molecule is Cl.NCC1CN(c2ccc(CCc3ccc(F)c(Cl)c3)cc2)C(=O)O1. The van der Waals surface area contributed by atoms with Gasteiger partial charge >= 0.3 is 6.09 Å². The zero-order valence-corrected chi connectivity index (χ0v) is 15.0. The first-order valence-corrected chi connectivity index (χ1v) is 8.15. The fourth-order valence-electron chi connectivity index (χ4n) is 2.68. The third kappa shape index (κ3) is 4.63. The number of carbonyl (C=O) groups is 1. The largest absolute Gasteiger partial charge is 0.443 e. The predicted molar refractivity (Wildman–Crippen MR) is 99.2 cm³/mol. The van der Waals surface area contributed by atoms with Gasteiger partial charge in [0.2, 0.25) is 0 Å². The highest BCUT2D eigenvalue weighted by atomic mass is 35.5. The number of hydrogen-bond acceptors (Lipinski definition) is 3. The quantitative estimate of drug-likeness (QED) is 0.848. The van der Waals surface area contributed by atoms with E-state index in [0.29, 0.717) is 13.1 Å². The molecule has 1 atom stereocenters. The minimum atomic E-state index is -0.405. The first-order chi connectivity index (χ1) is 11.6. The van der Waals surface area contributed by atoms with Gasteiger partial charge in [0, 0.05) is 12.2 Å². The molecule has 25 heavy (non-hydrogen) atoms. The van der Waals surface area contributed by atoms with Crippen molar-refractivity contribution in [1.82, 2.24) is 0 Å². The van der Waals surface area contributed by atoms with Gasteiger partial charge in [-0.05, 0) is 48.2 Å². The van der Waals surface area contributed by atoms with E-state index in [9.17, 15) is 9.18 Å². The van der Waals surface area contributed by atoms with Crippen molar-refractivity contribution < 1.29 is 13.9 Å². The summed E-state index contributed by atoms with van der Waals surface area (Å²) in [5.74, 6) is -0.405. The molecular formula is C18H19Cl2FN2O2. The molecular weight excluding hydrogens is 366 g/mol. The van der Waals surface area contributed by atoms with Gasteiger partial charge in [0.25, 0.3) is 0 Å². The van der Waals surface area contributed by atoms with Crippen LogP contribution in [0.2, 0.25) is 5.02 Å². The highest BCUT2D eigenvalue weighted by Crippen LogP contribution is 2.23. The molecule has 1 fully saturated rings. The fraction of sp³-hybridized carbons (Fsp3) is 0.278. The van der Waals surface area contributed by atoms with Crippen LogP contribution in [-0.2, 0) is 17.6 Å². The number of nitrogens with two attached hydrogens (primary N) is 1. The van der Waals surface area contributed by atoms with E-state index in [-0.39, 0.29) is 29.6 Å². The van der Waals surface area contributed by atoms with Crippen LogP contribution in [0.25, 0.3) is 0 Å². The van der Waals surface area contributed by atoms with Crippen LogP contribution in [0.5, 0.6) is 0 Å². The van der Waals surface area contributed by atoms with Gasteiger partial charge in [0.15, 0.2) is 0 Å². The number of halogens is 3. The van der Waals surface area contributed by atoms with E-state index in [1.807, 2.05) is 24.3 Å². The van der Waals surface area contributed by atoms with Crippen molar-refractivity contribution in [3.05, 3.63) is 64.4 Å². The summed E-state index contributed by atoms with van der Waals surface area (Å²) in [7, 11) is 0. The highest BCUT2D eigenvalue weighted by Gasteiger charge is 2.31. The van der Waals surface area contributed by atoms with Crippen LogP contribution in [0.15, 0.2) is 42.5 Å². The summed E-state index contributed by atoms with van der Waals surface area (Å²) in [5.41, 5.74) is 8.45. The van der Waals surface area contributed by atoms with Crippen molar-refractivity contribution in [2.75, 3.05) is 18.0 Å². The molecule has 2 N–H and O–H groups in total. The number of anilines is 1. The normalized spacial score (nSPS) is 16.5. The molecule has 1 unspecified atom stereocenters. The Morgan fingerprint density at radius 2 is 1.80 bits per heavy atom. The molecule has 7 heteroatoms. The number of amides is 1. The van der Waals surface area contributed by atoms with E-state index < -0.39 is 5.82 Å². The number of hydrogen-bond donors (Lipinski definition) is 1. The van der Waals surface area contributed by atoms with Crippen molar-refractivity contribution in [2.45, 2.75) is 18.9 Å². The van der Waals surface area contributed by atoms with Crippen LogP contribution in [0.4, 0.5) is 14.9 Å². The molecule has 134 valence electrons. The van der Waals surface area contributed by atoms with Gasteiger partial charge in [-0.25, -0.2) is 9.18 Å². The molecule has 2 aromatic carbocycles. The molecule has 0 saturated carbocycles. The first kappa shape index (κ1) is 19.5. The molecule has 1 aliphatic rings. The third-order valence-electron chi connectivity index (χ3n) is 4.07. The summed E-state index contributed by atoms with van der Waals surface area (Å²) in [6.07, 6.45) is 0.956. The second-order valence-electron chi connectivity index (χ2n) is 5.77. The molecule has 1 aliphatic heterocycles. The number of benzene rings is 2. The van der Waals surface area contributed by atoms with Gasteiger partial charge in [0.1, 0.15) is 11.9 Å². The van der Waals surface area contributed by atoms with Crippen molar-refractivity contribution in [3.63, 3.8) is 0 Å². The van der Waals surface area contributed by atoms with Crippen molar-refractivity contribution >= 4 is 35.8 Å². The van der Waals surface area contributed by atoms with E-state index in [0.717, 1.165) is 29.7 Å². The monoisotopic (exact) mass is 384 g/mol. The lowest BCUT2D eigenvalue weighted by atomic mass is 10.0. The second-order valence-corrected chi connectivity index (χ2v) is 6.17. The standard InChI is InChI=1S/C18H18ClFN2O2.ClH/c19-16-9-13(5-8-17(16)20)2-1-12-3-6-14(7-4-12)22-11-15(10-21)24-18(22)23;/h3-9,15H,1-2,10-11,21H2;1H. The lowest BCUT2D eigenvalue weighted by Crippen LogP contribution is -2.27. The highest BCUT2D eigenvalue weighted by molar-refractivity contribution is 6.30. The Balaban J connectivity index is 0.00000225. The van der Waals surface area contributed by atoms with Crippen molar-refractivity contribution in [3.8, 4) is 0 Å². The van der Waals surface area contributed by atoms with Crippen molar-refractivity contribution in [2.24, 2.45) is 5.73 Å². The average Bonchev–Trinajstić information content (AvgIpc) is 2.97. The molecule has 1 heterocycles. The van der Waals surface area contributed by atoms with Crippen LogP contribution < -0.4 is 10.6 Å². The van der Waals surface area contributed by atoms with Crippen LogP contribution in [-0.4, -0.2) is 25.3 Å². The summed E-state index contributed by atoms with van der Waals surface area (Å²) in [4.78, 5) is 13.4. The Labute approximate surface area is 157 Å². The Morgan fingerprint density at radius 1 is 1.16 bits per heavy atom. The molecule has 2 aromatic rings. The Bertz CT molecular complexity index is 740. The van der Waals surface area contributed by atoms with Crippen LogP contribution in [0.3, 0.4) is 0 Å². The summed E-state index contributed by atoms with van der Waals surface area (Å²) in [5, 5.41) is 0.143. The van der Waals surface area contributed by atoms with E-state index in [2.05, 4.69) is 0 Å². The van der Waals surface area contributed by atoms with E-state index in [4.69, 9.17) is 22.1 Å². The topological polar surface area (TPSA) is 55.6 Å². The van der Waals surface area contributed by atoms with E-state index in [1.54, 1.807) is 17.0 Å². The molecule has 0 spiro atoms. The molecule has 0 aliphatic carbocycles. The minimum Gasteiger partial charge on any atom is -0.443 e. The van der Waals surface area contributed by atoms with Gasteiger partial charge in [-0.15, -0.1) is 12.4 Å². The maximum Gasteiger partial charge on any atom is 0.414 e. The summed E-state index contributed by atoms with van der Waals surface area (Å²) in [6, 6.07) is 12.5. The molecule has 0 radical (unpaired) electrons. The van der Waals surface area contributed by atoms with Crippen molar-refractivity contribution in [1.29, 1.82) is 0 Å². The van der Waals surface area contributed by atoms with Gasteiger partial charge in [-0.2, -0.15) is 0 Å². The number of rotatable bonds is 5. The van der Waals surface area contributed by atoms with Crippen LogP contribution in [0, 0.1) is 5.82 Å². The maximum absolute atomic E-state index is 13.2. The fourth-order valence-corrected chi connectivity index (χ4v) is 2.88. The van der Waals surface area contributed by atoms with E-state index >= 15 is 0 Å². The van der Waals surface area contributed by atoms with Gasteiger partial charge < -0.3 is 10.5 Å². The maximum atomic E-state index is 13.2. The average molecular weight is 385 g/mol. The molecule has 1 amide bonds.